The first kappa shape index (κ1) is 19.0. The molecule has 6 heteroatoms. The predicted molar refractivity (Wildman–Crippen MR) is 95.7 cm³/mol. The van der Waals surface area contributed by atoms with Gasteiger partial charge in [-0.15, -0.1) is 11.8 Å². The van der Waals surface area contributed by atoms with E-state index in [1.54, 1.807) is 12.1 Å². The monoisotopic (exact) mass is 361 g/mol. The number of amides is 1. The Kier molecular flexibility index (Phi) is 7.47. The van der Waals surface area contributed by atoms with Gasteiger partial charge < -0.3 is 10.1 Å². The molecule has 0 spiro atoms. The minimum atomic E-state index is -0.433. The maximum atomic E-state index is 12.8. The maximum Gasteiger partial charge on any atom is 0.307 e. The smallest absolute Gasteiger partial charge is 0.307 e. The number of esters is 1. The molecule has 132 valence electrons. The fourth-order valence-corrected chi connectivity index (χ4v) is 2.94. The lowest BCUT2D eigenvalue weighted by molar-refractivity contribution is -0.148. The number of benzene rings is 2. The number of carbonyl (C=O) groups is 2. The number of nitrogens with one attached hydrogen (secondary N) is 1. The van der Waals surface area contributed by atoms with Crippen LogP contribution in [0.3, 0.4) is 0 Å². The lowest BCUT2D eigenvalue weighted by atomic mass is 10.1. The van der Waals surface area contributed by atoms with Crippen molar-refractivity contribution in [2.24, 2.45) is 0 Å². The van der Waals surface area contributed by atoms with Gasteiger partial charge in [0.05, 0.1) is 12.5 Å². The highest BCUT2D eigenvalue weighted by atomic mass is 32.2. The van der Waals surface area contributed by atoms with Crippen LogP contribution >= 0.6 is 11.8 Å². The first-order valence-electron chi connectivity index (χ1n) is 7.93. The van der Waals surface area contributed by atoms with Crippen LogP contribution in [-0.4, -0.2) is 24.2 Å². The molecule has 4 nitrogen and oxygen atoms in total. The highest BCUT2D eigenvalue weighted by Gasteiger charge is 2.11. The molecule has 2 aromatic carbocycles. The Labute approximate surface area is 150 Å². The third kappa shape index (κ3) is 6.97. The summed E-state index contributed by atoms with van der Waals surface area (Å²) in [7, 11) is 0. The van der Waals surface area contributed by atoms with Crippen LogP contribution in [0.4, 0.5) is 4.39 Å². The van der Waals surface area contributed by atoms with Crippen molar-refractivity contribution in [1.82, 2.24) is 5.32 Å². The van der Waals surface area contributed by atoms with E-state index in [4.69, 9.17) is 4.74 Å². The molecule has 1 unspecified atom stereocenters. The third-order valence-electron chi connectivity index (χ3n) is 3.43. The van der Waals surface area contributed by atoms with E-state index in [0.29, 0.717) is 5.75 Å². The van der Waals surface area contributed by atoms with Crippen molar-refractivity contribution >= 4 is 23.6 Å². The third-order valence-corrected chi connectivity index (χ3v) is 4.44. The number of thioether (sulfide) groups is 1. The Balaban J connectivity index is 1.64. The van der Waals surface area contributed by atoms with E-state index in [9.17, 15) is 14.0 Å². The van der Waals surface area contributed by atoms with Gasteiger partial charge in [-0.3, -0.25) is 9.59 Å². The van der Waals surface area contributed by atoms with Crippen molar-refractivity contribution in [3.05, 3.63) is 66.0 Å². The number of hydrogen-bond donors (Lipinski definition) is 1. The molecule has 1 N–H and O–H groups in total. The van der Waals surface area contributed by atoms with Gasteiger partial charge in [0.1, 0.15) is 5.82 Å². The van der Waals surface area contributed by atoms with Crippen molar-refractivity contribution in [3.63, 3.8) is 0 Å². The van der Waals surface area contributed by atoms with Gasteiger partial charge in [0.15, 0.2) is 6.61 Å². The molecule has 1 atom stereocenters. The molecule has 0 radical (unpaired) electrons. The first-order chi connectivity index (χ1) is 12.0. The van der Waals surface area contributed by atoms with E-state index in [-0.39, 0.29) is 30.8 Å². The molecule has 0 heterocycles. The normalized spacial score (nSPS) is 11.6. The average molecular weight is 361 g/mol. The van der Waals surface area contributed by atoms with Gasteiger partial charge >= 0.3 is 5.97 Å². The van der Waals surface area contributed by atoms with Crippen molar-refractivity contribution in [2.45, 2.75) is 24.3 Å². The molecular weight excluding hydrogens is 341 g/mol. The zero-order valence-electron chi connectivity index (χ0n) is 13.9. The van der Waals surface area contributed by atoms with Crippen LogP contribution in [0.25, 0.3) is 0 Å². The lowest BCUT2D eigenvalue weighted by Crippen LogP contribution is -2.31. The number of ether oxygens (including phenoxy) is 1. The first-order valence-corrected chi connectivity index (χ1v) is 8.91. The van der Waals surface area contributed by atoms with Gasteiger partial charge in [0, 0.05) is 10.6 Å². The van der Waals surface area contributed by atoms with Crippen LogP contribution in [0.2, 0.25) is 0 Å². The van der Waals surface area contributed by atoms with Crippen LogP contribution in [0, 0.1) is 5.82 Å². The standard InChI is InChI=1S/C19H20FNO3S/c1-14(15-5-3-2-4-6-15)21-18(22)13-24-19(23)11-12-25-17-9-7-16(20)8-10-17/h2-10,14H,11-13H2,1H3,(H,21,22). The van der Waals surface area contributed by atoms with Gasteiger partial charge in [-0.05, 0) is 36.8 Å². The minimum Gasteiger partial charge on any atom is -0.456 e. The molecule has 0 fully saturated rings. The second kappa shape index (κ2) is 9.84. The number of carbonyl (C=O) groups excluding carboxylic acids is 2. The summed E-state index contributed by atoms with van der Waals surface area (Å²) in [5.41, 5.74) is 0.984. The minimum absolute atomic E-state index is 0.151. The van der Waals surface area contributed by atoms with Crippen molar-refractivity contribution < 1.29 is 18.7 Å². The van der Waals surface area contributed by atoms with Crippen molar-refractivity contribution in [1.29, 1.82) is 0 Å². The van der Waals surface area contributed by atoms with E-state index >= 15 is 0 Å². The van der Waals surface area contributed by atoms with E-state index in [1.807, 2.05) is 37.3 Å². The summed E-state index contributed by atoms with van der Waals surface area (Å²) in [6, 6.07) is 15.5. The Morgan fingerprint density at radius 2 is 1.80 bits per heavy atom. The lowest BCUT2D eigenvalue weighted by Gasteiger charge is -2.14. The van der Waals surface area contributed by atoms with Crippen LogP contribution in [0.5, 0.6) is 0 Å². The zero-order valence-corrected chi connectivity index (χ0v) is 14.7. The number of hydrogen-bond acceptors (Lipinski definition) is 4. The predicted octanol–water partition coefficient (Wildman–Crippen LogP) is 3.73. The molecule has 25 heavy (non-hydrogen) atoms. The highest BCUT2D eigenvalue weighted by Crippen LogP contribution is 2.19. The Hall–Kier alpha value is -2.34. The highest BCUT2D eigenvalue weighted by molar-refractivity contribution is 7.99. The van der Waals surface area contributed by atoms with Gasteiger partial charge in [-0.25, -0.2) is 4.39 Å². The molecule has 2 rings (SSSR count). The van der Waals surface area contributed by atoms with Crippen LogP contribution in [-0.2, 0) is 14.3 Å². The summed E-state index contributed by atoms with van der Waals surface area (Å²) in [5, 5.41) is 2.78. The second-order valence-corrected chi connectivity index (χ2v) is 6.58. The second-order valence-electron chi connectivity index (χ2n) is 5.41. The van der Waals surface area contributed by atoms with Crippen LogP contribution in [0.1, 0.15) is 24.9 Å². The van der Waals surface area contributed by atoms with Gasteiger partial charge in [0.25, 0.3) is 5.91 Å². The molecule has 2 aromatic rings. The molecule has 0 aliphatic carbocycles. The molecule has 0 aliphatic rings. The summed E-state index contributed by atoms with van der Waals surface area (Å²) in [6.07, 6.45) is 0.184. The Morgan fingerprint density at radius 3 is 2.48 bits per heavy atom. The summed E-state index contributed by atoms with van der Waals surface area (Å²) >= 11 is 1.43. The van der Waals surface area contributed by atoms with Gasteiger partial charge in [-0.2, -0.15) is 0 Å². The summed E-state index contributed by atoms with van der Waals surface area (Å²) in [6.45, 7) is 1.58. The molecule has 0 bridgehead atoms. The largest absolute Gasteiger partial charge is 0.456 e. The van der Waals surface area contributed by atoms with E-state index in [2.05, 4.69) is 5.32 Å². The van der Waals surface area contributed by atoms with Gasteiger partial charge in [0.2, 0.25) is 0 Å². The summed E-state index contributed by atoms with van der Waals surface area (Å²) in [5.74, 6) is -0.556. The van der Waals surface area contributed by atoms with E-state index < -0.39 is 5.97 Å². The van der Waals surface area contributed by atoms with Crippen LogP contribution < -0.4 is 5.32 Å². The summed E-state index contributed by atoms with van der Waals surface area (Å²) in [4.78, 5) is 24.4. The van der Waals surface area contributed by atoms with E-state index in [1.165, 1.54) is 23.9 Å². The van der Waals surface area contributed by atoms with Crippen molar-refractivity contribution in [3.8, 4) is 0 Å². The zero-order chi connectivity index (χ0) is 18.1. The van der Waals surface area contributed by atoms with E-state index in [0.717, 1.165) is 10.5 Å². The Bertz CT molecular complexity index is 692. The summed E-state index contributed by atoms with van der Waals surface area (Å²) < 4.78 is 17.8. The molecule has 0 aliphatic heterocycles. The number of halogens is 1. The topological polar surface area (TPSA) is 55.4 Å². The SMILES string of the molecule is CC(NC(=O)COC(=O)CCSc1ccc(F)cc1)c1ccccc1. The van der Waals surface area contributed by atoms with Crippen molar-refractivity contribution in [2.75, 3.05) is 12.4 Å². The fraction of sp³-hybridized carbons (Fsp3) is 0.263. The Morgan fingerprint density at radius 1 is 1.12 bits per heavy atom. The quantitative estimate of drug-likeness (QED) is 0.575. The molecule has 0 aromatic heterocycles. The molecule has 0 saturated heterocycles. The number of rotatable bonds is 8. The molecule has 0 saturated carbocycles. The average Bonchev–Trinajstić information content (AvgIpc) is 2.62. The van der Waals surface area contributed by atoms with Crippen LogP contribution in [0.15, 0.2) is 59.5 Å². The molecular formula is C19H20FNO3S. The molecule has 1 amide bonds. The maximum absolute atomic E-state index is 12.8. The fourth-order valence-electron chi connectivity index (χ4n) is 2.11. The van der Waals surface area contributed by atoms with Gasteiger partial charge in [-0.1, -0.05) is 30.3 Å².